The maximum Gasteiger partial charge on any atom is 0.116 e. The molecule has 0 aliphatic heterocycles. The molecule has 0 aliphatic carbocycles. The maximum absolute atomic E-state index is 2.49. The van der Waals surface area contributed by atoms with Crippen molar-refractivity contribution in [2.45, 2.75) is 64.5 Å². The highest BCUT2D eigenvalue weighted by Gasteiger charge is 2.45. The number of aryl methyl sites for hydroxylation is 1. The highest BCUT2D eigenvalue weighted by molar-refractivity contribution is 7.95. The molecule has 4 rings (SSSR count). The largest absolute Gasteiger partial charge is 0.116 e. The van der Waals surface area contributed by atoms with Crippen LogP contribution in [0.4, 0.5) is 0 Å². The van der Waals surface area contributed by atoms with E-state index in [-0.39, 0.29) is 0 Å². The lowest BCUT2D eigenvalue weighted by Crippen LogP contribution is -2.32. The molecule has 0 fully saturated rings. The van der Waals surface area contributed by atoms with Crippen LogP contribution in [0.1, 0.15) is 63.0 Å². The lowest BCUT2D eigenvalue weighted by molar-refractivity contribution is 0.589. The van der Waals surface area contributed by atoms with Gasteiger partial charge in [0.05, 0.1) is 6.16 Å². The minimum absolute atomic E-state index is 1.05. The third kappa shape index (κ3) is 6.71. The Hall–Kier alpha value is -2.69. The lowest BCUT2D eigenvalue weighted by atomic mass is 10.0. The van der Waals surface area contributed by atoms with Crippen molar-refractivity contribution in [3.8, 4) is 0 Å². The summed E-state index contributed by atoms with van der Waals surface area (Å²) in [4.78, 5) is 0. The van der Waals surface area contributed by atoms with E-state index < -0.39 is 7.26 Å². The summed E-state index contributed by atoms with van der Waals surface area (Å²) in [6.45, 7) is 2.29. The van der Waals surface area contributed by atoms with Crippen LogP contribution in [0, 0.1) is 0 Å². The topological polar surface area (TPSA) is 0 Å². The summed E-state index contributed by atoms with van der Waals surface area (Å²) in [5.74, 6) is 0. The Morgan fingerprint density at radius 3 is 1.43 bits per heavy atom. The van der Waals surface area contributed by atoms with E-state index in [0.717, 1.165) is 6.16 Å². The molecule has 0 spiro atoms. The van der Waals surface area contributed by atoms with Crippen LogP contribution in [0.2, 0.25) is 0 Å². The third-order valence-electron chi connectivity index (χ3n) is 7.07. The first-order chi connectivity index (χ1) is 17.3. The molecule has 0 bridgehead atoms. The summed E-state index contributed by atoms with van der Waals surface area (Å²) >= 11 is 0. The third-order valence-corrected chi connectivity index (χ3v) is 11.4. The smallest absolute Gasteiger partial charge is 0.0654 e. The van der Waals surface area contributed by atoms with Crippen molar-refractivity contribution < 1.29 is 0 Å². The summed E-state index contributed by atoms with van der Waals surface area (Å²) in [6, 6.07) is 43.1. The second-order valence-electron chi connectivity index (χ2n) is 9.67. The number of rotatable bonds is 13. The zero-order valence-electron chi connectivity index (χ0n) is 21.3. The van der Waals surface area contributed by atoms with Gasteiger partial charge in [-0.15, -0.1) is 0 Å². The molecule has 0 unspecified atom stereocenters. The van der Waals surface area contributed by atoms with Crippen LogP contribution in [0.25, 0.3) is 0 Å². The quantitative estimate of drug-likeness (QED) is 0.133. The molecule has 0 saturated heterocycles. The molecule has 0 aliphatic rings. The first-order valence-corrected chi connectivity index (χ1v) is 15.4. The number of unbranched alkanes of at least 4 members (excludes halogenated alkanes) is 6. The minimum atomic E-state index is -1.84. The van der Waals surface area contributed by atoms with Gasteiger partial charge in [-0.25, -0.2) is 0 Å². The van der Waals surface area contributed by atoms with E-state index in [9.17, 15) is 0 Å². The predicted octanol–water partition coefficient (Wildman–Crippen LogP) is 8.47. The Morgan fingerprint density at radius 1 is 0.457 bits per heavy atom. The van der Waals surface area contributed by atoms with Gasteiger partial charge in [0.15, 0.2) is 0 Å². The van der Waals surface area contributed by atoms with Gasteiger partial charge in [0.1, 0.15) is 23.2 Å². The summed E-state index contributed by atoms with van der Waals surface area (Å²) in [5.41, 5.74) is 2.94. The average molecular weight is 480 g/mol. The van der Waals surface area contributed by atoms with Gasteiger partial charge in [0.2, 0.25) is 0 Å². The Kier molecular flexibility index (Phi) is 9.74. The van der Waals surface area contributed by atoms with Crippen molar-refractivity contribution in [2.75, 3.05) is 0 Å². The van der Waals surface area contributed by atoms with Crippen molar-refractivity contribution in [1.82, 2.24) is 0 Å². The van der Waals surface area contributed by atoms with Crippen LogP contribution >= 0.6 is 7.26 Å². The molecular weight excluding hydrogens is 439 g/mol. The van der Waals surface area contributed by atoms with E-state index in [1.807, 2.05) is 0 Å². The molecule has 4 aromatic rings. The van der Waals surface area contributed by atoms with Gasteiger partial charge in [-0.05, 0) is 60.4 Å². The number of benzene rings is 4. The monoisotopic (exact) mass is 479 g/mol. The zero-order valence-corrected chi connectivity index (χ0v) is 22.2. The molecule has 35 heavy (non-hydrogen) atoms. The molecule has 0 atom stereocenters. The van der Waals surface area contributed by atoms with Gasteiger partial charge < -0.3 is 0 Å². The molecule has 0 radical (unpaired) electrons. The summed E-state index contributed by atoms with van der Waals surface area (Å²) < 4.78 is 0. The van der Waals surface area contributed by atoms with E-state index >= 15 is 0 Å². The molecule has 0 heterocycles. The molecule has 0 saturated carbocycles. The minimum Gasteiger partial charge on any atom is -0.0654 e. The SMILES string of the molecule is CCCCCCCCCc1cccc(C[P+](c2ccccc2)(c2ccccc2)c2ccccc2)c1. The highest BCUT2D eigenvalue weighted by atomic mass is 31.2. The van der Waals surface area contributed by atoms with Crippen LogP contribution in [0.5, 0.6) is 0 Å². The van der Waals surface area contributed by atoms with Gasteiger partial charge in [-0.3, -0.25) is 0 Å². The fraction of sp³-hybridized carbons (Fsp3) is 0.294. The van der Waals surface area contributed by atoms with E-state index in [4.69, 9.17) is 0 Å². The molecule has 0 nitrogen and oxygen atoms in total. The number of hydrogen-bond donors (Lipinski definition) is 0. The molecule has 0 N–H and O–H groups in total. The van der Waals surface area contributed by atoms with Crippen molar-refractivity contribution in [3.63, 3.8) is 0 Å². The Labute approximate surface area is 213 Å². The van der Waals surface area contributed by atoms with Gasteiger partial charge in [0, 0.05) is 0 Å². The van der Waals surface area contributed by atoms with Crippen molar-refractivity contribution in [2.24, 2.45) is 0 Å². The molecule has 0 aromatic heterocycles. The molecule has 4 aromatic carbocycles. The zero-order chi connectivity index (χ0) is 24.2. The van der Waals surface area contributed by atoms with Crippen LogP contribution in [0.3, 0.4) is 0 Å². The Balaban J connectivity index is 1.62. The van der Waals surface area contributed by atoms with Gasteiger partial charge in [-0.1, -0.05) is 124 Å². The van der Waals surface area contributed by atoms with Crippen LogP contribution in [-0.2, 0) is 12.6 Å². The van der Waals surface area contributed by atoms with E-state index in [1.165, 1.54) is 78.4 Å². The van der Waals surface area contributed by atoms with Gasteiger partial charge >= 0.3 is 0 Å². The van der Waals surface area contributed by atoms with Crippen molar-refractivity contribution in [3.05, 3.63) is 126 Å². The Bertz CT molecular complexity index is 1020. The van der Waals surface area contributed by atoms with Crippen LogP contribution in [-0.4, -0.2) is 0 Å². The maximum atomic E-state index is 2.49. The molecular formula is C34H40P+. The van der Waals surface area contributed by atoms with E-state index in [1.54, 1.807) is 0 Å². The average Bonchev–Trinajstić information content (AvgIpc) is 2.93. The van der Waals surface area contributed by atoms with Gasteiger partial charge in [-0.2, -0.15) is 0 Å². The Morgan fingerprint density at radius 2 is 0.914 bits per heavy atom. The second kappa shape index (κ2) is 13.4. The summed E-state index contributed by atoms with van der Waals surface area (Å²) in [6.07, 6.45) is 11.8. The fourth-order valence-corrected chi connectivity index (χ4v) is 9.44. The van der Waals surface area contributed by atoms with Crippen LogP contribution < -0.4 is 15.9 Å². The van der Waals surface area contributed by atoms with Crippen molar-refractivity contribution >= 4 is 23.2 Å². The molecule has 0 amide bonds. The first-order valence-electron chi connectivity index (χ1n) is 13.5. The lowest BCUT2D eigenvalue weighted by Gasteiger charge is -2.28. The fourth-order valence-electron chi connectivity index (χ4n) is 5.21. The second-order valence-corrected chi connectivity index (χ2v) is 13.2. The highest BCUT2D eigenvalue weighted by Crippen LogP contribution is 2.58. The van der Waals surface area contributed by atoms with Crippen molar-refractivity contribution in [1.29, 1.82) is 0 Å². The predicted molar refractivity (Wildman–Crippen MR) is 157 cm³/mol. The summed E-state index contributed by atoms with van der Waals surface area (Å²) in [7, 11) is -1.84. The number of hydrogen-bond acceptors (Lipinski definition) is 0. The normalized spacial score (nSPS) is 11.5. The molecule has 180 valence electrons. The van der Waals surface area contributed by atoms with E-state index in [2.05, 4.69) is 122 Å². The summed E-state index contributed by atoms with van der Waals surface area (Å²) in [5, 5.41) is 4.36. The molecule has 1 heteroatoms. The standard InChI is InChI=1S/C34H40P/c1-2-3-4-5-6-7-11-19-30-20-18-21-31(28-30)29-35(32-22-12-8-13-23-32,33-24-14-9-15-25-33)34-26-16-10-17-27-34/h8-10,12-18,20-28H,2-7,11,19,29H2,1H3/q+1. The van der Waals surface area contributed by atoms with E-state index in [0.29, 0.717) is 0 Å². The first kappa shape index (κ1) is 25.4. The van der Waals surface area contributed by atoms with Gasteiger partial charge in [0.25, 0.3) is 0 Å². The van der Waals surface area contributed by atoms with Crippen LogP contribution in [0.15, 0.2) is 115 Å².